The van der Waals surface area contributed by atoms with Gasteiger partial charge in [0.05, 0.1) is 5.75 Å². The molecule has 0 aliphatic rings. The van der Waals surface area contributed by atoms with E-state index in [-0.39, 0.29) is 11.7 Å². The van der Waals surface area contributed by atoms with E-state index in [1.165, 1.54) is 27.6 Å². The summed E-state index contributed by atoms with van der Waals surface area (Å²) in [5.74, 6) is 6.71. The molecular formula is C15H21N5OS. The number of hydrogen-bond acceptors (Lipinski definition) is 5. The zero-order chi connectivity index (χ0) is 16.3. The Morgan fingerprint density at radius 1 is 1.32 bits per heavy atom. The van der Waals surface area contributed by atoms with Gasteiger partial charge in [0, 0.05) is 13.6 Å². The van der Waals surface area contributed by atoms with Gasteiger partial charge < -0.3 is 10.7 Å². The van der Waals surface area contributed by atoms with E-state index in [4.69, 9.17) is 5.84 Å². The van der Waals surface area contributed by atoms with Crippen molar-refractivity contribution in [3.8, 4) is 0 Å². The van der Waals surface area contributed by atoms with E-state index in [1.54, 1.807) is 18.9 Å². The molecule has 0 unspecified atom stereocenters. The Morgan fingerprint density at radius 3 is 2.64 bits per heavy atom. The summed E-state index contributed by atoms with van der Waals surface area (Å²) in [7, 11) is 1.81. The summed E-state index contributed by atoms with van der Waals surface area (Å²) in [4.78, 5) is 13.9. The Balaban J connectivity index is 1.93. The molecule has 0 aliphatic heterocycles. The van der Waals surface area contributed by atoms with E-state index in [0.717, 1.165) is 5.56 Å². The molecule has 2 rings (SSSR count). The smallest absolute Gasteiger partial charge is 0.233 e. The molecule has 0 atom stereocenters. The van der Waals surface area contributed by atoms with Crippen molar-refractivity contribution in [1.29, 1.82) is 0 Å². The second-order valence-electron chi connectivity index (χ2n) is 5.37. The SMILES string of the molecule is Cc1ccc(CN(C)C(=O)CSc2nnc(C)n2N)c(C)c1. The lowest BCUT2D eigenvalue weighted by Crippen LogP contribution is -2.28. The molecule has 2 aromatic rings. The minimum absolute atomic E-state index is 0.0330. The first-order valence-corrected chi connectivity index (χ1v) is 7.97. The van der Waals surface area contributed by atoms with Gasteiger partial charge in [-0.15, -0.1) is 10.2 Å². The number of aryl methyl sites for hydroxylation is 3. The van der Waals surface area contributed by atoms with Crippen LogP contribution in [-0.2, 0) is 11.3 Å². The Hall–Kier alpha value is -2.02. The van der Waals surface area contributed by atoms with Crippen molar-refractivity contribution in [3.63, 3.8) is 0 Å². The number of hydrogen-bond donors (Lipinski definition) is 1. The van der Waals surface area contributed by atoms with Crippen molar-refractivity contribution in [2.24, 2.45) is 0 Å². The van der Waals surface area contributed by atoms with Crippen LogP contribution in [0.4, 0.5) is 0 Å². The lowest BCUT2D eigenvalue weighted by molar-refractivity contribution is -0.127. The van der Waals surface area contributed by atoms with Crippen molar-refractivity contribution in [2.75, 3.05) is 18.6 Å². The van der Waals surface area contributed by atoms with Crippen LogP contribution >= 0.6 is 11.8 Å². The fourth-order valence-corrected chi connectivity index (χ4v) is 2.89. The largest absolute Gasteiger partial charge is 0.341 e. The molecule has 0 saturated heterocycles. The summed E-state index contributed by atoms with van der Waals surface area (Å²) in [6.07, 6.45) is 0. The van der Waals surface area contributed by atoms with Gasteiger partial charge in [0.2, 0.25) is 11.1 Å². The van der Waals surface area contributed by atoms with Crippen molar-refractivity contribution in [1.82, 2.24) is 19.8 Å². The first-order chi connectivity index (χ1) is 10.4. The highest BCUT2D eigenvalue weighted by atomic mass is 32.2. The maximum Gasteiger partial charge on any atom is 0.233 e. The first kappa shape index (κ1) is 16.4. The first-order valence-electron chi connectivity index (χ1n) is 6.98. The number of nitrogens with two attached hydrogens (primary N) is 1. The fourth-order valence-electron chi connectivity index (χ4n) is 2.05. The predicted molar refractivity (Wildman–Crippen MR) is 88.0 cm³/mol. The zero-order valence-electron chi connectivity index (χ0n) is 13.3. The molecular weight excluding hydrogens is 298 g/mol. The molecule has 2 N–H and O–H groups in total. The van der Waals surface area contributed by atoms with Gasteiger partial charge in [-0.2, -0.15) is 0 Å². The number of thioether (sulfide) groups is 1. The summed E-state index contributed by atoms with van der Waals surface area (Å²) in [6.45, 7) is 6.49. The second-order valence-corrected chi connectivity index (χ2v) is 6.31. The number of aromatic nitrogens is 3. The van der Waals surface area contributed by atoms with Crippen LogP contribution in [0, 0.1) is 20.8 Å². The lowest BCUT2D eigenvalue weighted by Gasteiger charge is -2.18. The van der Waals surface area contributed by atoms with Crippen LogP contribution in [0.3, 0.4) is 0 Å². The molecule has 7 heteroatoms. The molecule has 0 saturated carbocycles. The van der Waals surface area contributed by atoms with E-state index in [9.17, 15) is 4.79 Å². The highest BCUT2D eigenvalue weighted by Gasteiger charge is 2.14. The standard InChI is InChI=1S/C15H21N5OS/c1-10-5-6-13(11(2)7-10)8-19(4)14(21)9-22-15-18-17-12(3)20(15)16/h5-7H,8-9,16H2,1-4H3. The summed E-state index contributed by atoms with van der Waals surface area (Å²) in [5.41, 5.74) is 3.58. The average molecular weight is 319 g/mol. The minimum Gasteiger partial charge on any atom is -0.341 e. The van der Waals surface area contributed by atoms with Crippen LogP contribution in [0.1, 0.15) is 22.5 Å². The van der Waals surface area contributed by atoms with E-state index in [0.29, 0.717) is 17.5 Å². The molecule has 0 aliphatic carbocycles. The summed E-state index contributed by atoms with van der Waals surface area (Å²) < 4.78 is 1.39. The van der Waals surface area contributed by atoms with Gasteiger partial charge in [-0.3, -0.25) is 4.79 Å². The zero-order valence-corrected chi connectivity index (χ0v) is 14.1. The molecule has 0 spiro atoms. The number of carbonyl (C=O) groups is 1. The van der Waals surface area contributed by atoms with E-state index in [1.807, 2.05) is 0 Å². The summed E-state index contributed by atoms with van der Waals surface area (Å²) in [5, 5.41) is 8.35. The van der Waals surface area contributed by atoms with Crippen LogP contribution in [-0.4, -0.2) is 38.5 Å². The Morgan fingerprint density at radius 2 is 2.05 bits per heavy atom. The van der Waals surface area contributed by atoms with Gasteiger partial charge in [0.1, 0.15) is 5.82 Å². The molecule has 6 nitrogen and oxygen atoms in total. The molecule has 1 heterocycles. The van der Waals surface area contributed by atoms with Gasteiger partial charge in [0.25, 0.3) is 0 Å². The molecule has 22 heavy (non-hydrogen) atoms. The minimum atomic E-state index is 0.0330. The summed E-state index contributed by atoms with van der Waals surface area (Å²) in [6, 6.07) is 6.26. The lowest BCUT2D eigenvalue weighted by atomic mass is 10.1. The quantitative estimate of drug-likeness (QED) is 0.670. The van der Waals surface area contributed by atoms with Crippen molar-refractivity contribution >= 4 is 17.7 Å². The van der Waals surface area contributed by atoms with Gasteiger partial charge in [0.15, 0.2) is 0 Å². The molecule has 1 amide bonds. The monoisotopic (exact) mass is 319 g/mol. The van der Waals surface area contributed by atoms with Gasteiger partial charge in [-0.25, -0.2) is 4.68 Å². The number of carbonyl (C=O) groups excluding carboxylic acids is 1. The van der Waals surface area contributed by atoms with Crippen molar-refractivity contribution in [3.05, 3.63) is 40.7 Å². The molecule has 0 bridgehead atoms. The third-order valence-corrected chi connectivity index (χ3v) is 4.42. The Labute approximate surface area is 134 Å². The highest BCUT2D eigenvalue weighted by Crippen LogP contribution is 2.16. The fraction of sp³-hybridized carbons (Fsp3) is 0.400. The average Bonchev–Trinajstić information content (AvgIpc) is 2.79. The summed E-state index contributed by atoms with van der Waals surface area (Å²) >= 11 is 1.29. The maximum atomic E-state index is 12.2. The number of nitrogens with zero attached hydrogens (tertiary/aromatic N) is 4. The number of nitrogen functional groups attached to an aromatic ring is 1. The molecule has 0 fully saturated rings. The van der Waals surface area contributed by atoms with Crippen molar-refractivity contribution < 1.29 is 4.79 Å². The van der Waals surface area contributed by atoms with Crippen LogP contribution in [0.25, 0.3) is 0 Å². The number of benzene rings is 1. The van der Waals surface area contributed by atoms with Gasteiger partial charge >= 0.3 is 0 Å². The van der Waals surface area contributed by atoms with Gasteiger partial charge in [-0.1, -0.05) is 35.5 Å². The Bertz CT molecular complexity index is 683. The van der Waals surface area contributed by atoms with E-state index >= 15 is 0 Å². The topological polar surface area (TPSA) is 77.0 Å². The van der Waals surface area contributed by atoms with Gasteiger partial charge in [-0.05, 0) is 31.9 Å². The van der Waals surface area contributed by atoms with Crippen LogP contribution in [0.2, 0.25) is 0 Å². The molecule has 1 aromatic heterocycles. The Kier molecular flexibility index (Phi) is 5.07. The van der Waals surface area contributed by atoms with Crippen LogP contribution < -0.4 is 5.84 Å². The third kappa shape index (κ3) is 3.79. The van der Waals surface area contributed by atoms with Crippen LogP contribution in [0.15, 0.2) is 23.4 Å². The van der Waals surface area contributed by atoms with E-state index < -0.39 is 0 Å². The molecule has 1 aromatic carbocycles. The van der Waals surface area contributed by atoms with Crippen molar-refractivity contribution in [2.45, 2.75) is 32.5 Å². The second kappa shape index (κ2) is 6.83. The molecule has 0 radical (unpaired) electrons. The van der Waals surface area contributed by atoms with E-state index in [2.05, 4.69) is 42.2 Å². The number of rotatable bonds is 5. The normalized spacial score (nSPS) is 10.7. The predicted octanol–water partition coefficient (Wildman–Crippen LogP) is 1.67. The highest BCUT2D eigenvalue weighted by molar-refractivity contribution is 7.99. The van der Waals surface area contributed by atoms with Crippen LogP contribution in [0.5, 0.6) is 0 Å². The maximum absolute atomic E-state index is 12.2. The number of amides is 1. The third-order valence-electron chi connectivity index (χ3n) is 3.49. The molecule has 118 valence electrons.